The smallest absolute Gasteiger partial charge is 0.271 e. The second-order valence-corrected chi connectivity index (χ2v) is 3.35. The molecule has 0 radical (unpaired) electrons. The summed E-state index contributed by atoms with van der Waals surface area (Å²) in [6.07, 6.45) is 6.11. The lowest BCUT2D eigenvalue weighted by Crippen LogP contribution is -2.24. The minimum absolute atomic E-state index is 0.268. The van der Waals surface area contributed by atoms with Crippen LogP contribution in [0.4, 0.5) is 5.82 Å². The van der Waals surface area contributed by atoms with E-state index in [4.69, 9.17) is 4.42 Å². The van der Waals surface area contributed by atoms with Gasteiger partial charge < -0.3 is 15.1 Å². The molecule has 0 aliphatic carbocycles. The maximum absolute atomic E-state index is 11.7. The number of hydrogen-bond donors (Lipinski definition) is 2. The van der Waals surface area contributed by atoms with E-state index in [0.29, 0.717) is 12.4 Å². The number of carbonyl (C=O) groups is 1. The van der Waals surface area contributed by atoms with E-state index in [1.165, 1.54) is 6.20 Å². The number of furan rings is 1. The molecule has 0 aliphatic rings. The average molecular weight is 232 g/mol. The summed E-state index contributed by atoms with van der Waals surface area (Å²) in [4.78, 5) is 19.7. The van der Waals surface area contributed by atoms with Crippen LogP contribution in [-0.2, 0) is 6.54 Å². The van der Waals surface area contributed by atoms with Crippen LogP contribution in [0.2, 0.25) is 0 Å². The minimum atomic E-state index is -0.268. The van der Waals surface area contributed by atoms with Gasteiger partial charge >= 0.3 is 0 Å². The Bertz CT molecular complexity index is 496. The zero-order chi connectivity index (χ0) is 12.1. The predicted molar refractivity (Wildman–Crippen MR) is 61.5 cm³/mol. The van der Waals surface area contributed by atoms with Gasteiger partial charge in [0.2, 0.25) is 0 Å². The van der Waals surface area contributed by atoms with Crippen LogP contribution in [0.5, 0.6) is 0 Å². The Hall–Kier alpha value is -2.37. The maximum Gasteiger partial charge on any atom is 0.271 e. The van der Waals surface area contributed by atoms with Crippen LogP contribution >= 0.6 is 0 Å². The summed E-state index contributed by atoms with van der Waals surface area (Å²) in [5.74, 6) is 0.289. The second-order valence-electron chi connectivity index (χ2n) is 3.35. The summed E-state index contributed by atoms with van der Waals surface area (Å²) in [6, 6.07) is 1.79. The lowest BCUT2D eigenvalue weighted by atomic mass is 10.3. The fourth-order valence-corrected chi connectivity index (χ4v) is 1.26. The lowest BCUT2D eigenvalue weighted by molar-refractivity contribution is 0.0945. The first-order chi connectivity index (χ1) is 8.29. The molecule has 6 nitrogen and oxygen atoms in total. The molecule has 2 aromatic rings. The van der Waals surface area contributed by atoms with Crippen LogP contribution in [0.25, 0.3) is 0 Å². The highest BCUT2D eigenvalue weighted by Gasteiger charge is 2.08. The van der Waals surface area contributed by atoms with E-state index in [0.717, 1.165) is 5.56 Å². The molecule has 0 aromatic carbocycles. The Labute approximate surface area is 98.1 Å². The van der Waals surface area contributed by atoms with Gasteiger partial charge in [0.25, 0.3) is 5.91 Å². The lowest BCUT2D eigenvalue weighted by Gasteiger charge is -2.04. The van der Waals surface area contributed by atoms with Gasteiger partial charge in [0.05, 0.1) is 24.9 Å². The Morgan fingerprint density at radius 2 is 2.35 bits per heavy atom. The Morgan fingerprint density at radius 1 is 1.47 bits per heavy atom. The van der Waals surface area contributed by atoms with Crippen molar-refractivity contribution in [3.63, 3.8) is 0 Å². The number of amides is 1. The number of hydrogen-bond acceptors (Lipinski definition) is 5. The van der Waals surface area contributed by atoms with Crippen LogP contribution < -0.4 is 10.6 Å². The summed E-state index contributed by atoms with van der Waals surface area (Å²) >= 11 is 0. The molecule has 0 bridgehead atoms. The Balaban J connectivity index is 1.99. The van der Waals surface area contributed by atoms with Crippen molar-refractivity contribution in [2.24, 2.45) is 0 Å². The Morgan fingerprint density at radius 3 is 3.06 bits per heavy atom. The zero-order valence-corrected chi connectivity index (χ0v) is 9.30. The van der Waals surface area contributed by atoms with Crippen molar-refractivity contribution in [2.45, 2.75) is 6.54 Å². The van der Waals surface area contributed by atoms with Crippen molar-refractivity contribution >= 4 is 11.7 Å². The van der Waals surface area contributed by atoms with Gasteiger partial charge in [-0.15, -0.1) is 0 Å². The van der Waals surface area contributed by atoms with Crippen molar-refractivity contribution < 1.29 is 9.21 Å². The molecule has 88 valence electrons. The molecule has 0 saturated heterocycles. The first-order valence-electron chi connectivity index (χ1n) is 5.08. The van der Waals surface area contributed by atoms with E-state index >= 15 is 0 Å². The average Bonchev–Trinajstić information content (AvgIpc) is 2.89. The molecule has 2 aromatic heterocycles. The predicted octanol–water partition coefficient (Wildman–Crippen LogP) is 1.04. The van der Waals surface area contributed by atoms with Gasteiger partial charge in [0.1, 0.15) is 11.5 Å². The van der Waals surface area contributed by atoms with Gasteiger partial charge in [-0.3, -0.25) is 9.78 Å². The highest BCUT2D eigenvalue weighted by Crippen LogP contribution is 2.02. The maximum atomic E-state index is 11.7. The van der Waals surface area contributed by atoms with Crippen molar-refractivity contribution in [2.75, 3.05) is 12.4 Å². The Kier molecular flexibility index (Phi) is 3.34. The van der Waals surface area contributed by atoms with Crippen molar-refractivity contribution in [1.29, 1.82) is 0 Å². The van der Waals surface area contributed by atoms with E-state index in [9.17, 15) is 4.79 Å². The van der Waals surface area contributed by atoms with Crippen molar-refractivity contribution in [3.8, 4) is 0 Å². The molecular weight excluding hydrogens is 220 g/mol. The molecule has 0 aliphatic heterocycles. The topological polar surface area (TPSA) is 80.0 Å². The van der Waals surface area contributed by atoms with Crippen molar-refractivity contribution in [3.05, 3.63) is 42.2 Å². The summed E-state index contributed by atoms with van der Waals surface area (Å²) in [5.41, 5.74) is 1.18. The highest BCUT2D eigenvalue weighted by atomic mass is 16.3. The highest BCUT2D eigenvalue weighted by molar-refractivity contribution is 5.92. The molecule has 2 N–H and O–H groups in total. The van der Waals surface area contributed by atoms with Crippen LogP contribution in [0.3, 0.4) is 0 Å². The SMILES string of the molecule is CNc1cncc(C(=O)NCc2ccoc2)n1. The number of carbonyl (C=O) groups excluding carboxylic acids is 1. The first kappa shape index (κ1) is 11.1. The minimum Gasteiger partial charge on any atom is -0.472 e. The molecular formula is C11H12N4O2. The summed E-state index contributed by atoms with van der Waals surface area (Å²) in [5, 5.41) is 5.55. The zero-order valence-electron chi connectivity index (χ0n) is 9.30. The van der Waals surface area contributed by atoms with Crippen LogP contribution in [0.1, 0.15) is 16.1 Å². The number of aromatic nitrogens is 2. The molecule has 2 rings (SSSR count). The molecule has 2 heterocycles. The molecule has 0 saturated carbocycles. The van der Waals surface area contributed by atoms with E-state index < -0.39 is 0 Å². The van der Waals surface area contributed by atoms with Crippen LogP contribution in [-0.4, -0.2) is 22.9 Å². The summed E-state index contributed by atoms with van der Waals surface area (Å²) in [6.45, 7) is 0.404. The fraction of sp³-hybridized carbons (Fsp3) is 0.182. The van der Waals surface area contributed by atoms with Crippen molar-refractivity contribution in [1.82, 2.24) is 15.3 Å². The number of nitrogens with zero attached hydrogens (tertiary/aromatic N) is 2. The van der Waals surface area contributed by atoms with Gasteiger partial charge in [0.15, 0.2) is 0 Å². The third-order valence-corrected chi connectivity index (χ3v) is 2.16. The van der Waals surface area contributed by atoms with Gasteiger partial charge in [0, 0.05) is 19.2 Å². The fourth-order valence-electron chi connectivity index (χ4n) is 1.26. The molecule has 6 heteroatoms. The molecule has 1 amide bonds. The van der Waals surface area contributed by atoms with Crippen LogP contribution in [0.15, 0.2) is 35.4 Å². The first-order valence-corrected chi connectivity index (χ1v) is 5.08. The van der Waals surface area contributed by atoms with Crippen LogP contribution in [0, 0.1) is 0 Å². The third-order valence-electron chi connectivity index (χ3n) is 2.16. The largest absolute Gasteiger partial charge is 0.472 e. The monoisotopic (exact) mass is 232 g/mol. The van der Waals surface area contributed by atoms with E-state index in [1.54, 1.807) is 31.8 Å². The van der Waals surface area contributed by atoms with E-state index in [1.807, 2.05) is 0 Å². The summed E-state index contributed by atoms with van der Waals surface area (Å²) in [7, 11) is 1.72. The van der Waals surface area contributed by atoms with Gasteiger partial charge in [-0.1, -0.05) is 0 Å². The molecule has 17 heavy (non-hydrogen) atoms. The number of rotatable bonds is 4. The molecule has 0 spiro atoms. The number of anilines is 1. The second kappa shape index (κ2) is 5.11. The number of nitrogens with one attached hydrogen (secondary N) is 2. The normalized spacial score (nSPS) is 9.94. The van der Waals surface area contributed by atoms with Gasteiger partial charge in [-0.05, 0) is 6.07 Å². The molecule has 0 unspecified atom stereocenters. The summed E-state index contributed by atoms with van der Waals surface area (Å²) < 4.78 is 4.90. The van der Waals surface area contributed by atoms with E-state index in [2.05, 4.69) is 20.6 Å². The third kappa shape index (κ3) is 2.81. The molecule has 0 atom stereocenters. The molecule has 0 fully saturated rings. The van der Waals surface area contributed by atoms with E-state index in [-0.39, 0.29) is 11.6 Å². The quantitative estimate of drug-likeness (QED) is 0.823. The van der Waals surface area contributed by atoms with Gasteiger partial charge in [-0.25, -0.2) is 4.98 Å². The standard InChI is InChI=1S/C11H12N4O2/c1-12-10-6-13-5-9(15-10)11(16)14-4-8-2-3-17-7-8/h2-3,5-7H,4H2,1H3,(H,12,15)(H,14,16). The van der Waals surface area contributed by atoms with Gasteiger partial charge in [-0.2, -0.15) is 0 Å².